The number of nitrogens with one attached hydrogen (secondary N) is 1. The molecular formula is C17H16F2N2O3. The molecule has 5 nitrogen and oxygen atoms in total. The van der Waals surface area contributed by atoms with Crippen molar-refractivity contribution in [3.63, 3.8) is 0 Å². The van der Waals surface area contributed by atoms with Gasteiger partial charge < -0.3 is 14.6 Å². The van der Waals surface area contributed by atoms with Crippen molar-refractivity contribution < 1.29 is 22.8 Å². The van der Waals surface area contributed by atoms with Crippen molar-refractivity contribution in [2.45, 2.75) is 12.8 Å². The fourth-order valence-corrected chi connectivity index (χ4v) is 2.75. The van der Waals surface area contributed by atoms with Crippen molar-refractivity contribution in [2.24, 2.45) is 5.92 Å². The van der Waals surface area contributed by atoms with Gasteiger partial charge in [0.1, 0.15) is 0 Å². The molecule has 1 N–H and O–H groups in total. The number of benzene rings is 1. The van der Waals surface area contributed by atoms with Crippen LogP contribution in [0, 0.1) is 17.6 Å². The van der Waals surface area contributed by atoms with Crippen LogP contribution in [-0.4, -0.2) is 29.8 Å². The third-order valence-corrected chi connectivity index (χ3v) is 4.00. The van der Waals surface area contributed by atoms with Gasteiger partial charge in [-0.3, -0.25) is 9.59 Å². The fourth-order valence-electron chi connectivity index (χ4n) is 2.75. The third-order valence-electron chi connectivity index (χ3n) is 4.00. The highest BCUT2D eigenvalue weighted by Crippen LogP contribution is 2.21. The normalized spacial score (nSPS) is 17.6. The molecule has 7 heteroatoms. The Morgan fingerprint density at radius 1 is 1.21 bits per heavy atom. The monoisotopic (exact) mass is 334 g/mol. The van der Waals surface area contributed by atoms with Gasteiger partial charge in [0.15, 0.2) is 17.4 Å². The van der Waals surface area contributed by atoms with Gasteiger partial charge in [0.05, 0.1) is 12.2 Å². The van der Waals surface area contributed by atoms with Crippen molar-refractivity contribution >= 4 is 17.5 Å². The second-order valence-corrected chi connectivity index (χ2v) is 5.69. The highest BCUT2D eigenvalue weighted by Gasteiger charge is 2.30. The van der Waals surface area contributed by atoms with Crippen LogP contribution in [0.3, 0.4) is 0 Å². The van der Waals surface area contributed by atoms with Crippen LogP contribution >= 0.6 is 0 Å². The summed E-state index contributed by atoms with van der Waals surface area (Å²) >= 11 is 0. The number of rotatable bonds is 3. The maximum absolute atomic E-state index is 13.2. The lowest BCUT2D eigenvalue weighted by Crippen LogP contribution is -2.43. The van der Waals surface area contributed by atoms with E-state index in [2.05, 4.69) is 5.32 Å². The van der Waals surface area contributed by atoms with E-state index >= 15 is 0 Å². The zero-order valence-corrected chi connectivity index (χ0v) is 12.8. The number of carbonyl (C=O) groups is 2. The summed E-state index contributed by atoms with van der Waals surface area (Å²) in [5.41, 5.74) is 0.188. The van der Waals surface area contributed by atoms with E-state index in [0.29, 0.717) is 19.4 Å². The van der Waals surface area contributed by atoms with Gasteiger partial charge in [-0.15, -0.1) is 0 Å². The van der Waals surface area contributed by atoms with Crippen molar-refractivity contribution in [2.75, 3.05) is 18.4 Å². The third kappa shape index (κ3) is 3.45. The molecule has 1 fully saturated rings. The van der Waals surface area contributed by atoms with Crippen LogP contribution in [0.2, 0.25) is 0 Å². The molecule has 0 aliphatic carbocycles. The Morgan fingerprint density at radius 3 is 2.75 bits per heavy atom. The summed E-state index contributed by atoms with van der Waals surface area (Å²) in [6, 6.07) is 6.39. The first kappa shape index (κ1) is 16.2. The molecule has 2 amide bonds. The summed E-state index contributed by atoms with van der Waals surface area (Å²) in [7, 11) is 0. The van der Waals surface area contributed by atoms with E-state index in [1.165, 1.54) is 12.3 Å². The minimum absolute atomic E-state index is 0.188. The molecule has 24 heavy (non-hydrogen) atoms. The van der Waals surface area contributed by atoms with Crippen molar-refractivity contribution in [3.05, 3.63) is 54.0 Å². The molecule has 1 aromatic carbocycles. The Morgan fingerprint density at radius 2 is 2.04 bits per heavy atom. The molecule has 1 unspecified atom stereocenters. The van der Waals surface area contributed by atoms with Gasteiger partial charge in [0.25, 0.3) is 5.91 Å². The molecule has 0 saturated carbocycles. The second kappa shape index (κ2) is 6.82. The molecule has 2 heterocycles. The highest BCUT2D eigenvalue weighted by atomic mass is 19.2. The number of piperidine rings is 1. The Bertz CT molecular complexity index is 746. The summed E-state index contributed by atoms with van der Waals surface area (Å²) in [4.78, 5) is 26.2. The second-order valence-electron chi connectivity index (χ2n) is 5.69. The Labute approximate surface area is 137 Å². The Hall–Kier alpha value is -2.70. The molecule has 0 bridgehead atoms. The lowest BCUT2D eigenvalue weighted by Gasteiger charge is -2.31. The van der Waals surface area contributed by atoms with Gasteiger partial charge >= 0.3 is 0 Å². The average molecular weight is 334 g/mol. The van der Waals surface area contributed by atoms with Crippen LogP contribution in [-0.2, 0) is 4.79 Å². The van der Waals surface area contributed by atoms with E-state index < -0.39 is 17.6 Å². The molecule has 0 radical (unpaired) electrons. The molecule has 1 aliphatic heterocycles. The van der Waals surface area contributed by atoms with Crippen LogP contribution in [0.4, 0.5) is 14.5 Å². The van der Waals surface area contributed by atoms with Gasteiger partial charge in [-0.1, -0.05) is 0 Å². The van der Waals surface area contributed by atoms with Crippen LogP contribution in [0.15, 0.2) is 41.0 Å². The molecule has 1 atom stereocenters. The number of likely N-dealkylation sites (tertiary alicyclic amines) is 1. The molecule has 2 aromatic rings. The number of amides is 2. The van der Waals surface area contributed by atoms with E-state index in [1.54, 1.807) is 17.0 Å². The number of hydrogen-bond donors (Lipinski definition) is 1. The summed E-state index contributed by atoms with van der Waals surface area (Å²) in [6.45, 7) is 0.809. The van der Waals surface area contributed by atoms with Gasteiger partial charge in [-0.05, 0) is 37.1 Å². The average Bonchev–Trinajstić information content (AvgIpc) is 3.12. The first-order valence-electron chi connectivity index (χ1n) is 7.63. The molecule has 3 rings (SSSR count). The van der Waals surface area contributed by atoms with Crippen molar-refractivity contribution in [3.8, 4) is 0 Å². The van der Waals surface area contributed by atoms with Crippen LogP contribution in [0.25, 0.3) is 0 Å². The number of nitrogens with zero attached hydrogens (tertiary/aromatic N) is 1. The van der Waals surface area contributed by atoms with E-state index in [0.717, 1.165) is 12.1 Å². The maximum Gasteiger partial charge on any atom is 0.289 e. The predicted octanol–water partition coefficient (Wildman–Crippen LogP) is 3.05. The quantitative estimate of drug-likeness (QED) is 0.938. The van der Waals surface area contributed by atoms with Gasteiger partial charge in [-0.25, -0.2) is 8.78 Å². The number of halogens is 2. The highest BCUT2D eigenvalue weighted by molar-refractivity contribution is 5.95. The van der Waals surface area contributed by atoms with Gasteiger partial charge in [0, 0.05) is 24.8 Å². The van der Waals surface area contributed by atoms with E-state index in [9.17, 15) is 18.4 Å². The molecular weight excluding hydrogens is 318 g/mol. The summed E-state index contributed by atoms with van der Waals surface area (Å²) in [6.07, 6.45) is 2.73. The smallest absolute Gasteiger partial charge is 0.289 e. The van der Waals surface area contributed by atoms with Crippen LogP contribution in [0.5, 0.6) is 0 Å². The lowest BCUT2D eigenvalue weighted by molar-refractivity contribution is -0.121. The lowest BCUT2D eigenvalue weighted by atomic mass is 9.96. The van der Waals surface area contributed by atoms with Gasteiger partial charge in [-0.2, -0.15) is 0 Å². The Balaban J connectivity index is 1.64. The predicted molar refractivity (Wildman–Crippen MR) is 82.3 cm³/mol. The fraction of sp³-hybridized carbons (Fsp3) is 0.294. The Kier molecular flexibility index (Phi) is 4.59. The number of hydrogen-bond acceptors (Lipinski definition) is 3. The standard InChI is InChI=1S/C17H16F2N2O3/c18-13-6-5-12(9-14(13)19)20-16(22)11-3-1-7-21(10-11)17(23)15-4-2-8-24-15/h2,4-6,8-9,11H,1,3,7,10H2,(H,20,22). The first-order chi connectivity index (χ1) is 11.5. The number of carbonyl (C=O) groups excluding carboxylic acids is 2. The number of anilines is 1. The zero-order chi connectivity index (χ0) is 17.1. The first-order valence-corrected chi connectivity index (χ1v) is 7.63. The van der Waals surface area contributed by atoms with Crippen LogP contribution in [0.1, 0.15) is 23.4 Å². The summed E-state index contributed by atoms with van der Waals surface area (Å²) in [5.74, 6) is -2.75. The molecule has 1 aliphatic rings. The number of furan rings is 1. The topological polar surface area (TPSA) is 62.6 Å². The van der Waals surface area contributed by atoms with Crippen LogP contribution < -0.4 is 5.32 Å². The molecule has 0 spiro atoms. The minimum Gasteiger partial charge on any atom is -0.459 e. The molecule has 1 saturated heterocycles. The molecule has 126 valence electrons. The zero-order valence-electron chi connectivity index (χ0n) is 12.8. The van der Waals surface area contributed by atoms with Crippen molar-refractivity contribution in [1.82, 2.24) is 4.90 Å². The van der Waals surface area contributed by atoms with Gasteiger partial charge in [0.2, 0.25) is 5.91 Å². The summed E-state index contributed by atoms with van der Waals surface area (Å²) < 4.78 is 31.2. The van der Waals surface area contributed by atoms with Crippen molar-refractivity contribution in [1.29, 1.82) is 0 Å². The minimum atomic E-state index is -1.02. The maximum atomic E-state index is 13.2. The summed E-state index contributed by atoms with van der Waals surface area (Å²) in [5, 5.41) is 2.57. The van der Waals surface area contributed by atoms with E-state index in [-0.39, 0.29) is 29.8 Å². The SMILES string of the molecule is O=C(Nc1ccc(F)c(F)c1)C1CCCN(C(=O)c2ccco2)C1. The largest absolute Gasteiger partial charge is 0.459 e. The van der Waals surface area contributed by atoms with E-state index in [1.807, 2.05) is 0 Å². The van der Waals surface area contributed by atoms with E-state index in [4.69, 9.17) is 4.42 Å². The molecule has 1 aromatic heterocycles.